The molecule has 0 radical (unpaired) electrons. The van der Waals surface area contributed by atoms with E-state index < -0.39 is 0 Å². The maximum atomic E-state index is 12.9. The fourth-order valence-corrected chi connectivity index (χ4v) is 3.36. The predicted molar refractivity (Wildman–Crippen MR) is 84.7 cm³/mol. The van der Waals surface area contributed by atoms with Gasteiger partial charge in [0.1, 0.15) is 5.69 Å². The average molecular weight is 300 g/mol. The molecular weight excluding hydrogens is 282 g/mol. The van der Waals surface area contributed by atoms with Crippen LogP contribution in [0.1, 0.15) is 48.2 Å². The van der Waals surface area contributed by atoms with Gasteiger partial charge in [-0.05, 0) is 48.6 Å². The van der Waals surface area contributed by atoms with E-state index in [1.165, 1.54) is 5.56 Å². The minimum absolute atomic E-state index is 0.178. The fraction of sp³-hybridized carbons (Fsp3) is 0.333. The number of carbonyl (C=O) groups excluding carboxylic acids is 1. The van der Waals surface area contributed by atoms with Crippen molar-refractivity contribution >= 4 is 17.4 Å². The van der Waals surface area contributed by atoms with Crippen molar-refractivity contribution in [1.82, 2.24) is 4.98 Å². The number of Topliss-reactive ketones (excluding diaryl/α,β-unsaturated/α-hetero) is 1. The van der Waals surface area contributed by atoms with Gasteiger partial charge in [0.05, 0.1) is 0 Å². The Balaban J connectivity index is 1.93. The standard InChI is InChI=1S/C18H18ClNO/c1-13(14-6-8-15(19)9-7-14)18(10-4-11-18)17(21)16-5-2-3-12-20-16/h2-3,5-9,12-13H,4,10-11H2,1H3. The Morgan fingerprint density at radius 3 is 2.43 bits per heavy atom. The molecule has 0 N–H and O–H groups in total. The molecule has 1 aliphatic carbocycles. The first-order valence-electron chi connectivity index (χ1n) is 7.35. The van der Waals surface area contributed by atoms with E-state index in [9.17, 15) is 4.79 Å². The summed E-state index contributed by atoms with van der Waals surface area (Å²) in [6, 6.07) is 13.4. The molecule has 0 bridgehead atoms. The van der Waals surface area contributed by atoms with Gasteiger partial charge in [-0.15, -0.1) is 0 Å². The van der Waals surface area contributed by atoms with E-state index in [0.29, 0.717) is 5.69 Å². The first-order chi connectivity index (χ1) is 10.1. The summed E-state index contributed by atoms with van der Waals surface area (Å²) in [7, 11) is 0. The maximum absolute atomic E-state index is 12.9. The average Bonchev–Trinajstić information content (AvgIpc) is 2.47. The minimum atomic E-state index is -0.303. The zero-order chi connectivity index (χ0) is 14.9. The molecule has 1 saturated carbocycles. The van der Waals surface area contributed by atoms with Crippen molar-refractivity contribution in [2.24, 2.45) is 5.41 Å². The second-order valence-corrected chi connectivity index (χ2v) is 6.26. The summed E-state index contributed by atoms with van der Waals surface area (Å²) in [5, 5.41) is 0.727. The van der Waals surface area contributed by atoms with Crippen molar-refractivity contribution in [3.05, 3.63) is 64.9 Å². The SMILES string of the molecule is CC(c1ccc(Cl)cc1)C1(C(=O)c2ccccn2)CCC1. The zero-order valence-electron chi connectivity index (χ0n) is 12.1. The number of hydrogen-bond donors (Lipinski definition) is 0. The number of rotatable bonds is 4. The molecule has 1 aliphatic rings. The highest BCUT2D eigenvalue weighted by Crippen LogP contribution is 2.53. The molecule has 1 aromatic heterocycles. The van der Waals surface area contributed by atoms with Gasteiger partial charge < -0.3 is 0 Å². The van der Waals surface area contributed by atoms with Crippen LogP contribution in [0.15, 0.2) is 48.7 Å². The van der Waals surface area contributed by atoms with Gasteiger partial charge >= 0.3 is 0 Å². The molecular formula is C18H18ClNO. The number of hydrogen-bond acceptors (Lipinski definition) is 2. The van der Waals surface area contributed by atoms with Crippen molar-refractivity contribution in [1.29, 1.82) is 0 Å². The normalized spacial score (nSPS) is 17.8. The summed E-state index contributed by atoms with van der Waals surface area (Å²) < 4.78 is 0. The Morgan fingerprint density at radius 2 is 1.90 bits per heavy atom. The van der Waals surface area contributed by atoms with Crippen LogP contribution < -0.4 is 0 Å². The van der Waals surface area contributed by atoms with Gasteiger partial charge in [-0.2, -0.15) is 0 Å². The predicted octanol–water partition coefficient (Wildman–Crippen LogP) is 4.89. The Morgan fingerprint density at radius 1 is 1.19 bits per heavy atom. The van der Waals surface area contributed by atoms with E-state index in [1.807, 2.05) is 42.5 Å². The third-order valence-electron chi connectivity index (χ3n) is 4.79. The molecule has 3 heteroatoms. The molecule has 3 rings (SSSR count). The Bertz CT molecular complexity index is 632. The molecule has 0 spiro atoms. The first-order valence-corrected chi connectivity index (χ1v) is 7.72. The molecule has 1 aromatic carbocycles. The van der Waals surface area contributed by atoms with Gasteiger partial charge in [0.2, 0.25) is 0 Å². The summed E-state index contributed by atoms with van der Waals surface area (Å²) >= 11 is 5.96. The number of pyridine rings is 1. The number of aromatic nitrogens is 1. The Kier molecular flexibility index (Phi) is 3.81. The second kappa shape index (κ2) is 5.61. The molecule has 0 saturated heterocycles. The topological polar surface area (TPSA) is 30.0 Å². The molecule has 1 fully saturated rings. The number of nitrogens with zero attached hydrogens (tertiary/aromatic N) is 1. The number of benzene rings is 1. The van der Waals surface area contributed by atoms with Gasteiger partial charge in [0.25, 0.3) is 0 Å². The molecule has 21 heavy (non-hydrogen) atoms. The quantitative estimate of drug-likeness (QED) is 0.752. The van der Waals surface area contributed by atoms with Gasteiger partial charge in [-0.3, -0.25) is 9.78 Å². The molecule has 1 heterocycles. The summed E-state index contributed by atoms with van der Waals surface area (Å²) in [4.78, 5) is 17.2. The summed E-state index contributed by atoms with van der Waals surface area (Å²) in [5.41, 5.74) is 1.45. The van der Waals surface area contributed by atoms with E-state index in [1.54, 1.807) is 6.20 Å². The molecule has 2 aromatic rings. The van der Waals surface area contributed by atoms with Crippen molar-refractivity contribution < 1.29 is 4.79 Å². The summed E-state index contributed by atoms with van der Waals surface area (Å²) in [5.74, 6) is 0.356. The van der Waals surface area contributed by atoms with Crippen LogP contribution in [0.5, 0.6) is 0 Å². The van der Waals surface area contributed by atoms with Crippen LogP contribution in [0.25, 0.3) is 0 Å². The van der Waals surface area contributed by atoms with E-state index in [2.05, 4.69) is 11.9 Å². The van der Waals surface area contributed by atoms with Crippen molar-refractivity contribution in [3.8, 4) is 0 Å². The number of ketones is 1. The van der Waals surface area contributed by atoms with E-state index >= 15 is 0 Å². The smallest absolute Gasteiger partial charge is 0.187 e. The highest BCUT2D eigenvalue weighted by Gasteiger charge is 2.49. The van der Waals surface area contributed by atoms with Crippen molar-refractivity contribution in [2.75, 3.05) is 0 Å². The molecule has 1 atom stereocenters. The lowest BCUT2D eigenvalue weighted by molar-refractivity contribution is 0.0522. The Labute approximate surface area is 130 Å². The molecule has 108 valence electrons. The van der Waals surface area contributed by atoms with Gasteiger partial charge in [-0.25, -0.2) is 0 Å². The van der Waals surface area contributed by atoms with Crippen molar-refractivity contribution in [2.45, 2.75) is 32.1 Å². The lowest BCUT2D eigenvalue weighted by atomic mass is 9.57. The highest BCUT2D eigenvalue weighted by atomic mass is 35.5. The molecule has 0 aliphatic heterocycles. The van der Waals surface area contributed by atoms with Crippen molar-refractivity contribution in [3.63, 3.8) is 0 Å². The maximum Gasteiger partial charge on any atom is 0.187 e. The van der Waals surface area contributed by atoms with Gasteiger partial charge in [0, 0.05) is 16.6 Å². The van der Waals surface area contributed by atoms with E-state index in [0.717, 1.165) is 24.3 Å². The zero-order valence-corrected chi connectivity index (χ0v) is 12.8. The largest absolute Gasteiger partial charge is 0.292 e. The summed E-state index contributed by atoms with van der Waals surface area (Å²) in [6.45, 7) is 2.14. The van der Waals surface area contributed by atoms with Crippen LogP contribution in [0, 0.1) is 5.41 Å². The Hall–Kier alpha value is -1.67. The van der Waals surface area contributed by atoms with Gasteiger partial charge in [0.15, 0.2) is 5.78 Å². The summed E-state index contributed by atoms with van der Waals surface area (Å²) in [6.07, 6.45) is 4.67. The van der Waals surface area contributed by atoms with Crippen LogP contribution in [0.4, 0.5) is 0 Å². The number of halogens is 1. The molecule has 2 nitrogen and oxygen atoms in total. The van der Waals surface area contributed by atoms with E-state index in [4.69, 9.17) is 11.6 Å². The van der Waals surface area contributed by atoms with E-state index in [-0.39, 0.29) is 17.1 Å². The lowest BCUT2D eigenvalue weighted by Gasteiger charge is -2.45. The molecule has 0 amide bonds. The van der Waals surface area contributed by atoms with Gasteiger partial charge in [-0.1, -0.05) is 43.1 Å². The first kappa shape index (κ1) is 14.3. The third-order valence-corrected chi connectivity index (χ3v) is 5.05. The van der Waals surface area contributed by atoms with Crippen LogP contribution >= 0.6 is 11.6 Å². The monoisotopic (exact) mass is 299 g/mol. The second-order valence-electron chi connectivity index (χ2n) is 5.83. The van der Waals surface area contributed by atoms with Crippen LogP contribution in [-0.2, 0) is 0 Å². The molecule has 1 unspecified atom stereocenters. The number of carbonyl (C=O) groups is 1. The minimum Gasteiger partial charge on any atom is -0.292 e. The third kappa shape index (κ3) is 2.49. The van der Waals surface area contributed by atoms with Crippen LogP contribution in [0.3, 0.4) is 0 Å². The lowest BCUT2D eigenvalue weighted by Crippen LogP contribution is -2.42. The highest BCUT2D eigenvalue weighted by molar-refractivity contribution is 6.30. The fourth-order valence-electron chi connectivity index (χ4n) is 3.24. The van der Waals surface area contributed by atoms with Crippen LogP contribution in [0.2, 0.25) is 5.02 Å². The van der Waals surface area contributed by atoms with Crippen LogP contribution in [-0.4, -0.2) is 10.8 Å².